The standard InChI is InChI=1S/C19H28ClN5O3/c1-21-18-5-6-25(22-18)19(27)24-9-7-23(8-10-24)14-15-3-2-4-16(13-17(15)20)28-12-11-26/h2-6,13,15,18,21-22,26H,7-12,14H2,1H3/t15?,18-/m0/s1. The Kier molecular flexibility index (Phi) is 7.52. The Morgan fingerprint density at radius 3 is 2.82 bits per heavy atom. The number of hydrogen-bond acceptors (Lipinski definition) is 6. The Balaban J connectivity index is 1.47. The maximum Gasteiger partial charge on any atom is 0.338 e. The van der Waals surface area contributed by atoms with Crippen molar-refractivity contribution in [3.05, 3.63) is 47.4 Å². The van der Waals surface area contributed by atoms with Gasteiger partial charge in [-0.05, 0) is 25.3 Å². The molecule has 8 nitrogen and oxygen atoms in total. The van der Waals surface area contributed by atoms with Crippen molar-refractivity contribution in [1.29, 1.82) is 0 Å². The van der Waals surface area contributed by atoms with Crippen molar-refractivity contribution >= 4 is 17.6 Å². The SMILES string of the molecule is CN[C@@H]1C=CN(C(=O)N2CCN(CC3C=CC=C(OCCO)C=C3Cl)CC2)N1. The number of nitrogens with one attached hydrogen (secondary N) is 2. The third-order valence-electron chi connectivity index (χ3n) is 4.92. The smallest absolute Gasteiger partial charge is 0.338 e. The second-order valence-corrected chi connectivity index (χ2v) is 7.28. The van der Waals surface area contributed by atoms with Gasteiger partial charge in [0.15, 0.2) is 0 Å². The summed E-state index contributed by atoms with van der Waals surface area (Å²) in [7, 11) is 1.84. The van der Waals surface area contributed by atoms with Crippen LogP contribution in [0.1, 0.15) is 0 Å². The summed E-state index contributed by atoms with van der Waals surface area (Å²) in [6.45, 7) is 3.96. The van der Waals surface area contributed by atoms with E-state index in [1.54, 1.807) is 6.20 Å². The van der Waals surface area contributed by atoms with E-state index in [-0.39, 0.29) is 31.3 Å². The van der Waals surface area contributed by atoms with Gasteiger partial charge in [-0.1, -0.05) is 23.8 Å². The summed E-state index contributed by atoms with van der Waals surface area (Å²) in [5.74, 6) is 0.731. The number of aliphatic hydroxyl groups is 1. The fourth-order valence-corrected chi connectivity index (χ4v) is 3.56. The van der Waals surface area contributed by atoms with E-state index in [1.807, 2.05) is 36.3 Å². The highest BCUT2D eigenvalue weighted by atomic mass is 35.5. The maximum atomic E-state index is 12.6. The van der Waals surface area contributed by atoms with E-state index in [1.165, 1.54) is 5.01 Å². The summed E-state index contributed by atoms with van der Waals surface area (Å²) in [4.78, 5) is 16.8. The zero-order valence-electron chi connectivity index (χ0n) is 16.1. The summed E-state index contributed by atoms with van der Waals surface area (Å²) in [5, 5.41) is 14.2. The van der Waals surface area contributed by atoms with Gasteiger partial charge in [-0.15, -0.1) is 0 Å². The Labute approximate surface area is 170 Å². The summed E-state index contributed by atoms with van der Waals surface area (Å²) in [6.07, 6.45) is 11.3. The number of carbonyl (C=O) groups is 1. The topological polar surface area (TPSA) is 80.3 Å². The molecule has 0 saturated carbocycles. The molecular weight excluding hydrogens is 382 g/mol. The Bertz CT molecular complexity index is 670. The molecule has 0 aromatic rings. The molecule has 0 radical (unpaired) electrons. The maximum absolute atomic E-state index is 12.6. The number of urea groups is 1. The molecule has 9 heteroatoms. The van der Waals surface area contributed by atoms with Crippen LogP contribution in [0.5, 0.6) is 0 Å². The van der Waals surface area contributed by atoms with Gasteiger partial charge in [0.25, 0.3) is 0 Å². The number of piperazine rings is 1. The van der Waals surface area contributed by atoms with E-state index < -0.39 is 0 Å². The van der Waals surface area contributed by atoms with Crippen LogP contribution in [0.4, 0.5) is 4.79 Å². The molecule has 0 spiro atoms. The average Bonchev–Trinajstić information content (AvgIpc) is 3.13. The first-order chi connectivity index (χ1) is 13.6. The third kappa shape index (κ3) is 5.36. The summed E-state index contributed by atoms with van der Waals surface area (Å²) in [6, 6.07) is -0.0317. The number of hydrogen-bond donors (Lipinski definition) is 3. The van der Waals surface area contributed by atoms with Crippen LogP contribution in [0.25, 0.3) is 0 Å². The van der Waals surface area contributed by atoms with Crippen LogP contribution in [-0.2, 0) is 4.74 Å². The molecule has 1 saturated heterocycles. The highest BCUT2D eigenvalue weighted by Gasteiger charge is 2.28. The van der Waals surface area contributed by atoms with E-state index in [0.29, 0.717) is 23.9 Å². The van der Waals surface area contributed by atoms with Crippen molar-refractivity contribution in [3.8, 4) is 0 Å². The normalized spacial score (nSPS) is 25.5. The van der Waals surface area contributed by atoms with Crippen molar-refractivity contribution in [2.75, 3.05) is 53.0 Å². The second-order valence-electron chi connectivity index (χ2n) is 6.84. The predicted molar refractivity (Wildman–Crippen MR) is 108 cm³/mol. The van der Waals surface area contributed by atoms with Crippen molar-refractivity contribution in [3.63, 3.8) is 0 Å². The van der Waals surface area contributed by atoms with Gasteiger partial charge in [0.05, 0.1) is 12.8 Å². The largest absolute Gasteiger partial charge is 0.491 e. The van der Waals surface area contributed by atoms with Crippen molar-refractivity contribution in [2.45, 2.75) is 6.17 Å². The molecule has 28 heavy (non-hydrogen) atoms. The van der Waals surface area contributed by atoms with Crippen LogP contribution in [0, 0.1) is 5.92 Å². The molecule has 3 N–H and O–H groups in total. The van der Waals surface area contributed by atoms with Crippen LogP contribution in [0.2, 0.25) is 0 Å². The average molecular weight is 410 g/mol. The fourth-order valence-electron chi connectivity index (χ4n) is 3.31. The fraction of sp³-hybridized carbons (Fsp3) is 0.526. The highest BCUT2D eigenvalue weighted by molar-refractivity contribution is 6.30. The molecule has 154 valence electrons. The quantitative estimate of drug-likeness (QED) is 0.602. The van der Waals surface area contributed by atoms with Gasteiger partial charge < -0.3 is 20.1 Å². The van der Waals surface area contributed by atoms with E-state index >= 15 is 0 Å². The van der Waals surface area contributed by atoms with Crippen molar-refractivity contribution in [1.82, 2.24) is 25.6 Å². The number of likely N-dealkylation sites (N-methyl/N-ethyl adjacent to an activating group) is 1. The molecule has 2 aliphatic heterocycles. The van der Waals surface area contributed by atoms with E-state index in [9.17, 15) is 4.79 Å². The number of rotatable bonds is 6. The Morgan fingerprint density at radius 2 is 2.14 bits per heavy atom. The number of aliphatic hydroxyl groups excluding tert-OH is 1. The molecule has 0 aromatic carbocycles. The van der Waals surface area contributed by atoms with Gasteiger partial charge in [0.1, 0.15) is 12.4 Å². The lowest BCUT2D eigenvalue weighted by Gasteiger charge is -2.37. The number of nitrogens with zero attached hydrogens (tertiary/aromatic N) is 3. The molecule has 1 aliphatic carbocycles. The van der Waals surface area contributed by atoms with E-state index in [4.69, 9.17) is 21.4 Å². The van der Waals surface area contributed by atoms with Crippen LogP contribution in [-0.4, -0.2) is 85.1 Å². The Hall–Kier alpha value is -1.84. The number of allylic oxidation sites excluding steroid dienone is 3. The predicted octanol–water partition coefficient (Wildman–Crippen LogP) is 0.805. The van der Waals surface area contributed by atoms with Gasteiger partial charge in [-0.3, -0.25) is 4.90 Å². The first-order valence-electron chi connectivity index (χ1n) is 9.52. The van der Waals surface area contributed by atoms with Crippen LogP contribution < -0.4 is 10.7 Å². The lowest BCUT2D eigenvalue weighted by Crippen LogP contribution is -2.55. The van der Waals surface area contributed by atoms with Gasteiger partial charge in [0, 0.05) is 49.9 Å². The number of amides is 2. The van der Waals surface area contributed by atoms with Crippen LogP contribution >= 0.6 is 11.6 Å². The van der Waals surface area contributed by atoms with Crippen molar-refractivity contribution < 1.29 is 14.6 Å². The number of hydrazine groups is 1. The molecular formula is C19H28ClN5O3. The lowest BCUT2D eigenvalue weighted by atomic mass is 10.1. The van der Waals surface area contributed by atoms with Gasteiger partial charge >= 0.3 is 6.03 Å². The monoisotopic (exact) mass is 409 g/mol. The molecule has 0 aromatic heterocycles. The minimum absolute atomic E-state index is 0.0129. The summed E-state index contributed by atoms with van der Waals surface area (Å²) >= 11 is 6.48. The molecule has 2 atom stereocenters. The number of carbonyl (C=O) groups excluding carboxylic acids is 1. The zero-order chi connectivity index (χ0) is 19.9. The van der Waals surface area contributed by atoms with E-state index in [0.717, 1.165) is 19.6 Å². The minimum Gasteiger partial charge on any atom is -0.491 e. The highest BCUT2D eigenvalue weighted by Crippen LogP contribution is 2.24. The number of ether oxygens (including phenoxy) is 1. The first kappa shape index (κ1) is 20.9. The zero-order valence-corrected chi connectivity index (χ0v) is 16.8. The summed E-state index contributed by atoms with van der Waals surface area (Å²) < 4.78 is 5.45. The van der Waals surface area contributed by atoms with E-state index in [2.05, 4.69) is 21.7 Å². The molecule has 3 aliphatic rings. The lowest BCUT2D eigenvalue weighted by molar-refractivity contribution is 0.110. The van der Waals surface area contributed by atoms with Crippen LogP contribution in [0.15, 0.2) is 47.4 Å². The second kappa shape index (κ2) is 10.1. The third-order valence-corrected chi connectivity index (χ3v) is 5.31. The molecule has 1 unspecified atom stereocenters. The van der Waals surface area contributed by atoms with Gasteiger partial charge in [-0.25, -0.2) is 15.2 Å². The van der Waals surface area contributed by atoms with Gasteiger partial charge in [-0.2, -0.15) is 0 Å². The van der Waals surface area contributed by atoms with Crippen LogP contribution in [0.3, 0.4) is 0 Å². The van der Waals surface area contributed by atoms with Crippen molar-refractivity contribution in [2.24, 2.45) is 5.92 Å². The molecule has 2 amide bonds. The minimum atomic E-state index is -0.0317. The molecule has 0 bridgehead atoms. The molecule has 2 heterocycles. The summed E-state index contributed by atoms with van der Waals surface area (Å²) in [5.41, 5.74) is 3.08. The Morgan fingerprint density at radius 1 is 1.36 bits per heavy atom. The first-order valence-corrected chi connectivity index (χ1v) is 9.90. The molecule has 1 fully saturated rings. The van der Waals surface area contributed by atoms with Gasteiger partial charge in [0.2, 0.25) is 0 Å². The molecule has 3 rings (SSSR count). The number of halogens is 1.